The van der Waals surface area contributed by atoms with Crippen LogP contribution in [0.25, 0.3) is 11.3 Å². The SMILES string of the molecule is COc1ccc(-c2cnc(Cn3cnnc3S(C)=O)o2)cc1. The Bertz CT molecular complexity index is 795. The Labute approximate surface area is 129 Å². The molecule has 0 radical (unpaired) electrons. The molecule has 0 aliphatic heterocycles. The molecule has 3 aromatic rings. The molecule has 0 amide bonds. The van der Waals surface area contributed by atoms with Crippen LogP contribution in [0.5, 0.6) is 5.75 Å². The van der Waals surface area contributed by atoms with Crippen molar-refractivity contribution < 1.29 is 13.4 Å². The lowest BCUT2D eigenvalue weighted by Gasteiger charge is -2.01. The van der Waals surface area contributed by atoms with E-state index < -0.39 is 10.8 Å². The third-order valence-corrected chi connectivity index (χ3v) is 3.90. The average molecular weight is 318 g/mol. The smallest absolute Gasteiger partial charge is 0.221 e. The number of nitrogens with zero attached hydrogens (tertiary/aromatic N) is 4. The van der Waals surface area contributed by atoms with E-state index in [4.69, 9.17) is 9.15 Å². The van der Waals surface area contributed by atoms with Crippen molar-refractivity contribution in [2.45, 2.75) is 11.7 Å². The van der Waals surface area contributed by atoms with Gasteiger partial charge >= 0.3 is 0 Å². The normalized spacial score (nSPS) is 12.3. The van der Waals surface area contributed by atoms with Gasteiger partial charge in [0.1, 0.15) is 18.6 Å². The maximum absolute atomic E-state index is 11.5. The molecule has 0 bridgehead atoms. The molecular weight excluding hydrogens is 304 g/mol. The number of hydrogen-bond acceptors (Lipinski definition) is 6. The highest BCUT2D eigenvalue weighted by Gasteiger charge is 2.12. The van der Waals surface area contributed by atoms with Gasteiger partial charge in [0, 0.05) is 11.8 Å². The summed E-state index contributed by atoms with van der Waals surface area (Å²) in [4.78, 5) is 4.24. The van der Waals surface area contributed by atoms with E-state index >= 15 is 0 Å². The van der Waals surface area contributed by atoms with Gasteiger partial charge in [-0.25, -0.2) is 4.98 Å². The Hall–Kier alpha value is -2.48. The van der Waals surface area contributed by atoms with Crippen LogP contribution in [0, 0.1) is 0 Å². The fourth-order valence-electron chi connectivity index (χ4n) is 1.99. The van der Waals surface area contributed by atoms with Crippen LogP contribution in [0.1, 0.15) is 5.89 Å². The number of benzene rings is 1. The molecule has 0 aliphatic rings. The first-order valence-electron chi connectivity index (χ1n) is 6.47. The van der Waals surface area contributed by atoms with Gasteiger partial charge in [0.15, 0.2) is 5.76 Å². The Morgan fingerprint density at radius 2 is 2.09 bits per heavy atom. The minimum Gasteiger partial charge on any atom is -0.497 e. The van der Waals surface area contributed by atoms with Gasteiger partial charge in [0.25, 0.3) is 0 Å². The molecule has 8 heteroatoms. The van der Waals surface area contributed by atoms with E-state index in [9.17, 15) is 4.21 Å². The molecule has 3 rings (SSSR count). The van der Waals surface area contributed by atoms with E-state index in [1.165, 1.54) is 6.33 Å². The molecule has 0 fully saturated rings. The van der Waals surface area contributed by atoms with Crippen molar-refractivity contribution in [3.05, 3.63) is 42.7 Å². The molecule has 0 spiro atoms. The molecule has 0 saturated heterocycles. The van der Waals surface area contributed by atoms with Gasteiger partial charge in [-0.15, -0.1) is 10.2 Å². The lowest BCUT2D eigenvalue weighted by atomic mass is 10.2. The third-order valence-electron chi connectivity index (χ3n) is 3.07. The van der Waals surface area contributed by atoms with Crippen molar-refractivity contribution in [2.24, 2.45) is 0 Å². The Kier molecular flexibility index (Phi) is 4.01. The van der Waals surface area contributed by atoms with Crippen molar-refractivity contribution in [1.82, 2.24) is 19.7 Å². The molecule has 0 N–H and O–H groups in total. The Morgan fingerprint density at radius 1 is 1.32 bits per heavy atom. The van der Waals surface area contributed by atoms with Gasteiger partial charge in [-0.05, 0) is 24.3 Å². The first kappa shape index (κ1) is 14.5. The maximum Gasteiger partial charge on any atom is 0.221 e. The van der Waals surface area contributed by atoms with Crippen LogP contribution < -0.4 is 4.74 Å². The second kappa shape index (κ2) is 6.10. The summed E-state index contributed by atoms with van der Waals surface area (Å²) < 4.78 is 24.0. The predicted octanol–water partition coefficient (Wildman–Crippen LogP) is 1.73. The summed E-state index contributed by atoms with van der Waals surface area (Å²) in [5.74, 6) is 1.94. The minimum absolute atomic E-state index is 0.331. The molecule has 1 aromatic carbocycles. The molecule has 0 aliphatic carbocycles. The standard InChI is InChI=1S/C14H14N4O3S/c1-20-11-5-3-10(4-6-11)12-7-15-13(21-12)8-18-9-16-17-14(18)22(2)19/h3-7,9H,8H2,1-2H3. The van der Waals surface area contributed by atoms with Crippen LogP contribution in [0.4, 0.5) is 0 Å². The predicted molar refractivity (Wildman–Crippen MR) is 79.9 cm³/mol. The van der Waals surface area contributed by atoms with Crippen molar-refractivity contribution in [1.29, 1.82) is 0 Å². The fraction of sp³-hybridized carbons (Fsp3) is 0.214. The minimum atomic E-state index is -1.21. The van der Waals surface area contributed by atoms with Gasteiger partial charge in [-0.2, -0.15) is 0 Å². The highest BCUT2D eigenvalue weighted by atomic mass is 32.2. The van der Waals surface area contributed by atoms with E-state index in [0.29, 0.717) is 23.4 Å². The summed E-state index contributed by atoms with van der Waals surface area (Å²) in [6, 6.07) is 7.51. The van der Waals surface area contributed by atoms with Gasteiger partial charge < -0.3 is 9.15 Å². The number of hydrogen-bond donors (Lipinski definition) is 0. The molecular formula is C14H14N4O3S. The number of aromatic nitrogens is 4. The molecule has 7 nitrogen and oxygen atoms in total. The topological polar surface area (TPSA) is 83.0 Å². The molecule has 1 atom stereocenters. The summed E-state index contributed by atoms with van der Waals surface area (Å²) in [5, 5.41) is 7.98. The van der Waals surface area contributed by atoms with Gasteiger partial charge in [0.05, 0.1) is 24.1 Å². The largest absolute Gasteiger partial charge is 0.497 e. The van der Waals surface area contributed by atoms with Crippen molar-refractivity contribution >= 4 is 10.8 Å². The van der Waals surface area contributed by atoms with Crippen LogP contribution in [0.15, 0.2) is 46.4 Å². The van der Waals surface area contributed by atoms with Crippen molar-refractivity contribution in [3.63, 3.8) is 0 Å². The molecule has 114 valence electrons. The van der Waals surface area contributed by atoms with Gasteiger partial charge in [-0.1, -0.05) is 0 Å². The molecule has 2 heterocycles. The molecule has 0 saturated carbocycles. The highest BCUT2D eigenvalue weighted by Crippen LogP contribution is 2.23. The quantitative estimate of drug-likeness (QED) is 0.712. The van der Waals surface area contributed by atoms with Crippen molar-refractivity contribution in [2.75, 3.05) is 13.4 Å². The van der Waals surface area contributed by atoms with E-state index in [1.54, 1.807) is 24.1 Å². The maximum atomic E-state index is 11.5. The summed E-state index contributed by atoms with van der Waals surface area (Å²) in [6.45, 7) is 0.331. The van der Waals surface area contributed by atoms with Crippen LogP contribution in [-0.2, 0) is 17.3 Å². The second-order valence-electron chi connectivity index (χ2n) is 4.54. The summed E-state index contributed by atoms with van der Waals surface area (Å²) in [5.41, 5.74) is 0.905. The Balaban J connectivity index is 1.81. The lowest BCUT2D eigenvalue weighted by molar-refractivity contribution is 0.415. The molecule has 1 unspecified atom stereocenters. The third kappa shape index (κ3) is 2.91. The fourth-order valence-corrected chi connectivity index (χ4v) is 2.60. The number of rotatable bonds is 5. The van der Waals surface area contributed by atoms with Crippen LogP contribution in [-0.4, -0.2) is 37.3 Å². The first-order chi connectivity index (χ1) is 10.7. The zero-order valence-electron chi connectivity index (χ0n) is 12.1. The Morgan fingerprint density at radius 3 is 2.77 bits per heavy atom. The number of ether oxygens (including phenoxy) is 1. The average Bonchev–Trinajstić information content (AvgIpc) is 3.17. The highest BCUT2D eigenvalue weighted by molar-refractivity contribution is 7.84. The monoisotopic (exact) mass is 318 g/mol. The van der Waals surface area contributed by atoms with Crippen LogP contribution in [0.2, 0.25) is 0 Å². The summed E-state index contributed by atoms with van der Waals surface area (Å²) in [7, 11) is 0.411. The molecule has 22 heavy (non-hydrogen) atoms. The zero-order valence-corrected chi connectivity index (χ0v) is 12.9. The van der Waals surface area contributed by atoms with Crippen molar-refractivity contribution in [3.8, 4) is 17.1 Å². The second-order valence-corrected chi connectivity index (χ2v) is 5.82. The van der Waals surface area contributed by atoms with E-state index in [-0.39, 0.29) is 0 Å². The molecule has 2 aromatic heterocycles. The van der Waals surface area contributed by atoms with E-state index in [2.05, 4.69) is 15.2 Å². The number of methoxy groups -OCH3 is 1. The van der Waals surface area contributed by atoms with Crippen LogP contribution in [0.3, 0.4) is 0 Å². The summed E-state index contributed by atoms with van der Waals surface area (Å²) >= 11 is 0. The van der Waals surface area contributed by atoms with E-state index in [1.807, 2.05) is 24.3 Å². The van der Waals surface area contributed by atoms with Gasteiger partial charge in [0.2, 0.25) is 11.0 Å². The lowest BCUT2D eigenvalue weighted by Crippen LogP contribution is -2.05. The number of oxazole rings is 1. The van der Waals surface area contributed by atoms with Gasteiger partial charge in [-0.3, -0.25) is 8.78 Å². The zero-order chi connectivity index (χ0) is 15.5. The van der Waals surface area contributed by atoms with Crippen LogP contribution >= 0.6 is 0 Å². The van der Waals surface area contributed by atoms with E-state index in [0.717, 1.165) is 11.3 Å². The first-order valence-corrected chi connectivity index (χ1v) is 8.03. The summed E-state index contributed by atoms with van der Waals surface area (Å²) in [6.07, 6.45) is 4.72.